The summed E-state index contributed by atoms with van der Waals surface area (Å²) in [4.78, 5) is 36.9. The molecule has 1 unspecified atom stereocenters. The quantitative estimate of drug-likeness (QED) is 0.703. The summed E-state index contributed by atoms with van der Waals surface area (Å²) in [5.41, 5.74) is 1.03. The van der Waals surface area contributed by atoms with Crippen LogP contribution in [0.1, 0.15) is 38.2 Å². The van der Waals surface area contributed by atoms with E-state index in [0.29, 0.717) is 32.5 Å². The minimum Gasteiger partial charge on any atom is -0.356 e. The van der Waals surface area contributed by atoms with E-state index in [4.69, 9.17) is 0 Å². The van der Waals surface area contributed by atoms with Crippen LogP contribution >= 0.6 is 0 Å². The maximum Gasteiger partial charge on any atom is 0.242 e. The Bertz CT molecular complexity index is 574. The summed E-state index contributed by atoms with van der Waals surface area (Å²) in [6.45, 7) is 3.13. The van der Waals surface area contributed by atoms with Gasteiger partial charge >= 0.3 is 0 Å². The number of nitrogens with zero attached hydrogens (tertiary/aromatic N) is 1. The molecule has 2 rings (SSSR count). The molecule has 0 radical (unpaired) electrons. The normalized spacial score (nSPS) is 17.0. The Labute approximate surface area is 142 Å². The van der Waals surface area contributed by atoms with Crippen LogP contribution in [0.3, 0.4) is 0 Å². The number of likely N-dealkylation sites (tertiary alicyclic amines) is 1. The lowest BCUT2D eigenvalue weighted by atomic mass is 10.1. The number of hydrogen-bond donors (Lipinski definition) is 2. The standard InChI is InChI=1S/C18H25N3O3/c1-14(22)19-11-5-6-12-20-18(24)16-9-10-17(23)21(16)13-15-7-3-2-4-8-15/h2-4,7-8,16H,5-6,9-13H2,1H3,(H,19,22)(H,20,24). The highest BCUT2D eigenvalue weighted by molar-refractivity contribution is 5.90. The van der Waals surface area contributed by atoms with Gasteiger partial charge in [0.2, 0.25) is 17.7 Å². The highest BCUT2D eigenvalue weighted by Gasteiger charge is 2.35. The van der Waals surface area contributed by atoms with Crippen LogP contribution in [0.15, 0.2) is 30.3 Å². The van der Waals surface area contributed by atoms with Crippen molar-refractivity contribution in [2.45, 2.75) is 45.2 Å². The fourth-order valence-electron chi connectivity index (χ4n) is 2.83. The van der Waals surface area contributed by atoms with Crippen LogP contribution in [0, 0.1) is 0 Å². The molecule has 2 N–H and O–H groups in total. The van der Waals surface area contributed by atoms with Crippen LogP contribution in [0.2, 0.25) is 0 Å². The van der Waals surface area contributed by atoms with Crippen LogP contribution < -0.4 is 10.6 Å². The first kappa shape index (κ1) is 18.0. The van der Waals surface area contributed by atoms with E-state index in [1.54, 1.807) is 4.90 Å². The van der Waals surface area contributed by atoms with Gasteiger partial charge in [-0.15, -0.1) is 0 Å². The maximum absolute atomic E-state index is 12.4. The van der Waals surface area contributed by atoms with Gasteiger partial charge in [-0.2, -0.15) is 0 Å². The Morgan fingerprint density at radius 2 is 1.79 bits per heavy atom. The Morgan fingerprint density at radius 3 is 2.46 bits per heavy atom. The van der Waals surface area contributed by atoms with Crippen LogP contribution in [-0.4, -0.2) is 41.8 Å². The van der Waals surface area contributed by atoms with Crippen molar-refractivity contribution in [1.29, 1.82) is 0 Å². The highest BCUT2D eigenvalue weighted by atomic mass is 16.2. The molecule has 0 aliphatic carbocycles. The van der Waals surface area contributed by atoms with Gasteiger partial charge in [0, 0.05) is 33.0 Å². The molecule has 1 saturated heterocycles. The van der Waals surface area contributed by atoms with Gasteiger partial charge in [0.25, 0.3) is 0 Å². The zero-order chi connectivity index (χ0) is 17.4. The number of benzene rings is 1. The van der Waals surface area contributed by atoms with Crippen molar-refractivity contribution in [1.82, 2.24) is 15.5 Å². The summed E-state index contributed by atoms with van der Waals surface area (Å²) in [6.07, 6.45) is 2.61. The van der Waals surface area contributed by atoms with Crippen LogP contribution in [0.25, 0.3) is 0 Å². The fourth-order valence-corrected chi connectivity index (χ4v) is 2.83. The second-order valence-corrected chi connectivity index (χ2v) is 6.04. The molecular formula is C18H25N3O3. The number of carbonyl (C=O) groups is 3. The zero-order valence-corrected chi connectivity index (χ0v) is 14.1. The van der Waals surface area contributed by atoms with E-state index in [9.17, 15) is 14.4 Å². The predicted molar refractivity (Wildman–Crippen MR) is 90.9 cm³/mol. The fraction of sp³-hybridized carbons (Fsp3) is 0.500. The van der Waals surface area contributed by atoms with Crippen molar-refractivity contribution in [2.75, 3.05) is 13.1 Å². The van der Waals surface area contributed by atoms with Gasteiger partial charge in [-0.3, -0.25) is 14.4 Å². The van der Waals surface area contributed by atoms with Gasteiger partial charge in [0.1, 0.15) is 6.04 Å². The Balaban J connectivity index is 1.77. The molecule has 0 aromatic heterocycles. The zero-order valence-electron chi connectivity index (χ0n) is 14.1. The van der Waals surface area contributed by atoms with Crippen LogP contribution in [-0.2, 0) is 20.9 Å². The largest absolute Gasteiger partial charge is 0.356 e. The first-order chi connectivity index (χ1) is 11.6. The molecule has 0 saturated carbocycles. The van der Waals surface area contributed by atoms with E-state index in [1.807, 2.05) is 30.3 Å². The summed E-state index contributed by atoms with van der Waals surface area (Å²) in [5, 5.41) is 5.63. The van der Waals surface area contributed by atoms with Gasteiger partial charge in [0.15, 0.2) is 0 Å². The molecule has 1 aromatic carbocycles. The monoisotopic (exact) mass is 331 g/mol. The molecule has 6 nitrogen and oxygen atoms in total. The number of rotatable bonds is 8. The summed E-state index contributed by atoms with van der Waals surface area (Å²) < 4.78 is 0. The lowest BCUT2D eigenvalue weighted by Crippen LogP contribution is -2.44. The van der Waals surface area contributed by atoms with E-state index in [0.717, 1.165) is 18.4 Å². The van der Waals surface area contributed by atoms with E-state index in [-0.39, 0.29) is 23.8 Å². The van der Waals surface area contributed by atoms with Gasteiger partial charge in [0.05, 0.1) is 0 Å². The maximum atomic E-state index is 12.4. The van der Waals surface area contributed by atoms with Crippen molar-refractivity contribution in [3.05, 3.63) is 35.9 Å². The third kappa shape index (κ3) is 5.37. The molecule has 1 aromatic rings. The van der Waals surface area contributed by atoms with E-state index in [2.05, 4.69) is 10.6 Å². The van der Waals surface area contributed by atoms with Gasteiger partial charge < -0.3 is 15.5 Å². The third-order valence-electron chi connectivity index (χ3n) is 4.10. The average molecular weight is 331 g/mol. The number of hydrogen-bond acceptors (Lipinski definition) is 3. The van der Waals surface area contributed by atoms with Crippen molar-refractivity contribution in [2.24, 2.45) is 0 Å². The number of nitrogens with one attached hydrogen (secondary N) is 2. The predicted octanol–water partition coefficient (Wildman–Crippen LogP) is 1.21. The second kappa shape index (κ2) is 9.05. The second-order valence-electron chi connectivity index (χ2n) is 6.04. The number of amides is 3. The van der Waals surface area contributed by atoms with Crippen LogP contribution in [0.5, 0.6) is 0 Å². The van der Waals surface area contributed by atoms with E-state index in [1.165, 1.54) is 6.92 Å². The number of unbranched alkanes of at least 4 members (excludes halogenated alkanes) is 1. The van der Waals surface area contributed by atoms with Gasteiger partial charge in [-0.1, -0.05) is 30.3 Å². The topological polar surface area (TPSA) is 78.5 Å². The molecule has 0 bridgehead atoms. The lowest BCUT2D eigenvalue weighted by Gasteiger charge is -2.24. The molecule has 24 heavy (non-hydrogen) atoms. The first-order valence-electron chi connectivity index (χ1n) is 8.43. The molecule has 3 amide bonds. The Hall–Kier alpha value is -2.37. The SMILES string of the molecule is CC(=O)NCCCCNC(=O)C1CCC(=O)N1Cc1ccccc1. The summed E-state index contributed by atoms with van der Waals surface area (Å²) >= 11 is 0. The molecule has 1 aliphatic rings. The highest BCUT2D eigenvalue weighted by Crippen LogP contribution is 2.21. The lowest BCUT2D eigenvalue weighted by molar-refractivity contribution is -0.135. The van der Waals surface area contributed by atoms with Crippen molar-refractivity contribution >= 4 is 17.7 Å². The molecule has 1 heterocycles. The van der Waals surface area contributed by atoms with Gasteiger partial charge in [-0.05, 0) is 24.8 Å². The van der Waals surface area contributed by atoms with E-state index < -0.39 is 0 Å². The molecule has 1 aliphatic heterocycles. The summed E-state index contributed by atoms with van der Waals surface area (Å²) in [7, 11) is 0. The molecular weight excluding hydrogens is 306 g/mol. The van der Waals surface area contributed by atoms with E-state index >= 15 is 0 Å². The minimum atomic E-state index is -0.381. The Kier molecular flexibility index (Phi) is 6.78. The molecule has 6 heteroatoms. The smallest absolute Gasteiger partial charge is 0.242 e. The Morgan fingerprint density at radius 1 is 1.12 bits per heavy atom. The van der Waals surface area contributed by atoms with Gasteiger partial charge in [-0.25, -0.2) is 0 Å². The van der Waals surface area contributed by atoms with Crippen molar-refractivity contribution in [3.63, 3.8) is 0 Å². The van der Waals surface area contributed by atoms with Crippen molar-refractivity contribution < 1.29 is 14.4 Å². The third-order valence-corrected chi connectivity index (χ3v) is 4.10. The first-order valence-corrected chi connectivity index (χ1v) is 8.43. The molecule has 1 atom stereocenters. The summed E-state index contributed by atoms with van der Waals surface area (Å²) in [6, 6.07) is 9.33. The minimum absolute atomic E-state index is 0.0321. The average Bonchev–Trinajstić information content (AvgIpc) is 2.92. The molecule has 130 valence electrons. The summed E-state index contributed by atoms with van der Waals surface area (Å²) in [5.74, 6) is -0.0963. The molecule has 1 fully saturated rings. The number of carbonyl (C=O) groups excluding carboxylic acids is 3. The van der Waals surface area contributed by atoms with Crippen molar-refractivity contribution in [3.8, 4) is 0 Å². The molecule has 0 spiro atoms. The van der Waals surface area contributed by atoms with Crippen LogP contribution in [0.4, 0.5) is 0 Å².